The van der Waals surface area contributed by atoms with Gasteiger partial charge in [-0.2, -0.15) is 22.7 Å². The van der Waals surface area contributed by atoms with E-state index >= 15 is 4.39 Å². The van der Waals surface area contributed by atoms with Crippen LogP contribution in [0, 0.1) is 12.7 Å². The lowest BCUT2D eigenvalue weighted by atomic mass is 9.94. The fraction of sp³-hybridized carbons (Fsp3) is 0.326. The van der Waals surface area contributed by atoms with E-state index in [9.17, 15) is 27.6 Å². The number of alkyl halides is 3. The zero-order chi connectivity index (χ0) is 44.1. The second-order valence-corrected chi connectivity index (χ2v) is 15.8. The Balaban J connectivity index is 1.13. The van der Waals surface area contributed by atoms with Crippen LogP contribution in [0.2, 0.25) is 5.02 Å². The number of carbonyl (C=O) groups excluding carboxylic acids is 2. The summed E-state index contributed by atoms with van der Waals surface area (Å²) in [5.74, 6) is -1.63. The molecule has 1 saturated heterocycles. The van der Waals surface area contributed by atoms with Gasteiger partial charge in [-0.05, 0) is 62.6 Å². The quantitative estimate of drug-likeness (QED) is 0.143. The van der Waals surface area contributed by atoms with Crippen LogP contribution in [0.5, 0.6) is 5.75 Å². The van der Waals surface area contributed by atoms with Gasteiger partial charge in [0.15, 0.2) is 17.3 Å². The molecule has 19 heteroatoms. The van der Waals surface area contributed by atoms with Crippen molar-refractivity contribution in [3.63, 3.8) is 0 Å². The Hall–Kier alpha value is -6.40. The predicted molar refractivity (Wildman–Crippen MR) is 221 cm³/mol. The number of rotatable bonds is 10. The number of ether oxygens (including phenoxy) is 2. The maximum absolute atomic E-state index is 16.2. The van der Waals surface area contributed by atoms with Crippen molar-refractivity contribution in [2.45, 2.75) is 65.7 Å². The van der Waals surface area contributed by atoms with Gasteiger partial charge in [0.2, 0.25) is 11.7 Å². The van der Waals surface area contributed by atoms with E-state index in [0.717, 1.165) is 22.2 Å². The molecular formula is C43H40ClF4N9O5. The fourth-order valence-electron chi connectivity index (χ4n) is 7.80. The van der Waals surface area contributed by atoms with Gasteiger partial charge in [0.1, 0.15) is 31.0 Å². The monoisotopic (exact) mass is 873 g/mol. The summed E-state index contributed by atoms with van der Waals surface area (Å²) in [4.78, 5) is 58.8. The summed E-state index contributed by atoms with van der Waals surface area (Å²) in [6.07, 6.45) is -3.14. The van der Waals surface area contributed by atoms with Crippen LogP contribution in [0.4, 0.5) is 28.9 Å². The molecule has 0 aliphatic carbocycles. The second-order valence-electron chi connectivity index (χ2n) is 15.4. The number of amides is 2. The number of hydrogen-bond donors (Lipinski definition) is 1. The minimum Gasteiger partial charge on any atom is -0.485 e. The van der Waals surface area contributed by atoms with Crippen molar-refractivity contribution in [3.05, 3.63) is 128 Å². The number of halogens is 5. The van der Waals surface area contributed by atoms with E-state index in [1.807, 2.05) is 44.2 Å². The Bertz CT molecular complexity index is 2790. The first-order valence-electron chi connectivity index (χ1n) is 19.7. The topological polar surface area (TPSA) is 149 Å². The zero-order valence-electron chi connectivity index (χ0n) is 34.0. The highest BCUT2D eigenvalue weighted by Crippen LogP contribution is 2.40. The minimum atomic E-state index is -4.65. The molecule has 2 aliphatic rings. The highest BCUT2D eigenvalue weighted by Gasteiger charge is 2.36. The lowest BCUT2D eigenvalue weighted by molar-refractivity contribution is -0.137. The average molecular weight is 874 g/mol. The number of aryl methyl sites for hydroxylation is 1. The largest absolute Gasteiger partial charge is 0.485 e. The van der Waals surface area contributed by atoms with Crippen LogP contribution in [0.25, 0.3) is 17.2 Å². The molecule has 2 amide bonds. The number of anilines is 2. The van der Waals surface area contributed by atoms with E-state index in [1.54, 1.807) is 29.7 Å². The van der Waals surface area contributed by atoms with Crippen molar-refractivity contribution in [1.29, 1.82) is 0 Å². The molecule has 3 aromatic carbocycles. The molecule has 14 nitrogen and oxygen atoms in total. The standard InChI is InChI=1S/C43H40ClF4N9O5/c1-5-32-36(54-15-17-55(18-16-54)39(59)35-37(24(2)49-23-50-35)61-21-25-9-7-6-8-10-25)40(60)57-41(52-38(53-57)27-12-13-29-28(34(27)45)22-62-42(29,3)4)56(32)20-33(58)51-31-14-11-26(19-30(31)44)43(46,47)48/h6-14,19,23H,5,15-18,20-22H2,1-4H3,(H,51,58). The molecule has 0 bridgehead atoms. The minimum absolute atomic E-state index is 0.0134. The number of piperazine rings is 1. The summed E-state index contributed by atoms with van der Waals surface area (Å²) >= 11 is 6.18. The van der Waals surface area contributed by atoms with E-state index < -0.39 is 41.2 Å². The SMILES string of the molecule is CCc1c(N2CCN(C(=O)c3ncnc(C)c3OCc3ccccc3)CC2)c(=O)n2nc(-c3ccc4c(c3F)COC4(C)C)nc2n1CC(=O)Nc1ccc(C(F)(F)F)cc1Cl. The Morgan fingerprint density at radius 2 is 1.76 bits per heavy atom. The van der Waals surface area contributed by atoms with Gasteiger partial charge >= 0.3 is 6.18 Å². The maximum atomic E-state index is 16.2. The lowest BCUT2D eigenvalue weighted by Gasteiger charge is -2.36. The second kappa shape index (κ2) is 16.5. The number of nitrogens with zero attached hydrogens (tertiary/aromatic N) is 8. The average Bonchev–Trinajstić information content (AvgIpc) is 3.83. The Morgan fingerprint density at radius 1 is 1.02 bits per heavy atom. The Kier molecular flexibility index (Phi) is 11.2. The lowest BCUT2D eigenvalue weighted by Crippen LogP contribution is -2.51. The molecule has 1 N–H and O–H groups in total. The molecule has 8 rings (SSSR count). The first-order chi connectivity index (χ1) is 29.5. The van der Waals surface area contributed by atoms with Gasteiger partial charge in [-0.3, -0.25) is 14.4 Å². The van der Waals surface area contributed by atoms with Crippen molar-refractivity contribution in [3.8, 4) is 17.1 Å². The molecule has 6 aromatic rings. The molecule has 62 heavy (non-hydrogen) atoms. The van der Waals surface area contributed by atoms with Crippen molar-refractivity contribution in [2.24, 2.45) is 0 Å². The molecule has 3 aromatic heterocycles. The Labute approximate surface area is 357 Å². The molecule has 0 saturated carbocycles. The Morgan fingerprint density at radius 3 is 2.45 bits per heavy atom. The fourth-order valence-corrected chi connectivity index (χ4v) is 8.03. The molecule has 0 radical (unpaired) electrons. The van der Waals surface area contributed by atoms with Crippen LogP contribution < -0.4 is 20.5 Å². The zero-order valence-corrected chi connectivity index (χ0v) is 34.8. The van der Waals surface area contributed by atoms with E-state index in [-0.39, 0.29) is 96.7 Å². The van der Waals surface area contributed by atoms with E-state index in [1.165, 1.54) is 17.0 Å². The maximum Gasteiger partial charge on any atom is 0.416 e. The molecule has 1 fully saturated rings. The summed E-state index contributed by atoms with van der Waals surface area (Å²) in [7, 11) is 0. The highest BCUT2D eigenvalue weighted by atomic mass is 35.5. The molecule has 2 aliphatic heterocycles. The number of aromatic nitrogens is 6. The van der Waals surface area contributed by atoms with Crippen molar-refractivity contribution < 1.29 is 36.6 Å². The van der Waals surface area contributed by atoms with Crippen LogP contribution in [-0.4, -0.2) is 72.0 Å². The van der Waals surface area contributed by atoms with Gasteiger partial charge in [0, 0.05) is 31.7 Å². The first-order valence-corrected chi connectivity index (χ1v) is 20.1. The predicted octanol–water partition coefficient (Wildman–Crippen LogP) is 6.98. The molecule has 0 unspecified atom stereocenters. The third kappa shape index (κ3) is 7.95. The normalized spacial score (nSPS) is 14.9. The molecular weight excluding hydrogens is 834 g/mol. The van der Waals surface area contributed by atoms with Gasteiger partial charge in [-0.25, -0.2) is 14.4 Å². The highest BCUT2D eigenvalue weighted by molar-refractivity contribution is 6.33. The third-order valence-electron chi connectivity index (χ3n) is 11.0. The van der Waals surface area contributed by atoms with Crippen LogP contribution in [0.15, 0.2) is 71.8 Å². The van der Waals surface area contributed by atoms with Gasteiger partial charge in [0.25, 0.3) is 11.5 Å². The summed E-state index contributed by atoms with van der Waals surface area (Å²) in [6, 6.07) is 15.3. The van der Waals surface area contributed by atoms with Crippen molar-refractivity contribution in [1.82, 2.24) is 34.0 Å². The van der Waals surface area contributed by atoms with E-state index in [2.05, 4.69) is 25.4 Å². The van der Waals surface area contributed by atoms with E-state index in [4.69, 9.17) is 21.1 Å². The van der Waals surface area contributed by atoms with Gasteiger partial charge in [-0.1, -0.05) is 54.9 Å². The van der Waals surface area contributed by atoms with Crippen LogP contribution in [-0.2, 0) is 47.5 Å². The molecule has 0 spiro atoms. The smallest absolute Gasteiger partial charge is 0.416 e. The van der Waals surface area contributed by atoms with Gasteiger partial charge in [0.05, 0.1) is 45.4 Å². The summed E-state index contributed by atoms with van der Waals surface area (Å²) in [6.45, 7) is 7.63. The number of carbonyl (C=O) groups is 2. The molecule has 0 atom stereocenters. The van der Waals surface area contributed by atoms with Crippen LogP contribution in [0.3, 0.4) is 0 Å². The van der Waals surface area contributed by atoms with Crippen LogP contribution >= 0.6 is 11.6 Å². The third-order valence-corrected chi connectivity index (χ3v) is 11.3. The number of nitrogens with one attached hydrogen (secondary N) is 1. The van der Waals surface area contributed by atoms with Gasteiger partial charge in [-0.15, -0.1) is 5.10 Å². The summed E-state index contributed by atoms with van der Waals surface area (Å²) < 4.78 is 70.6. The molecule has 5 heterocycles. The van der Waals surface area contributed by atoms with Crippen molar-refractivity contribution in [2.75, 3.05) is 36.4 Å². The van der Waals surface area contributed by atoms with E-state index in [0.29, 0.717) is 28.6 Å². The van der Waals surface area contributed by atoms with Crippen molar-refractivity contribution >= 4 is 40.6 Å². The summed E-state index contributed by atoms with van der Waals surface area (Å²) in [5, 5.41) is 6.72. The number of fused-ring (bicyclic) bond motifs is 2. The van der Waals surface area contributed by atoms with Crippen LogP contribution in [0.1, 0.15) is 64.9 Å². The molecule has 322 valence electrons. The number of hydrogen-bond acceptors (Lipinski definition) is 10. The van der Waals surface area contributed by atoms with Gasteiger partial charge < -0.3 is 29.2 Å². The summed E-state index contributed by atoms with van der Waals surface area (Å²) in [5.41, 5.74) is 0.693. The number of benzene rings is 3. The first kappa shape index (κ1) is 42.3.